The Morgan fingerprint density at radius 3 is 2.60 bits per heavy atom. The van der Waals surface area contributed by atoms with Crippen LogP contribution in [-0.2, 0) is 0 Å². The molecule has 0 saturated heterocycles. The maximum atomic E-state index is 12.4. The molecule has 0 aliphatic rings. The number of Topliss-reactive ketones (excluding diaryl/α,β-unsaturated/α-hetero) is 1. The molecule has 0 amide bonds. The van der Waals surface area contributed by atoms with Crippen LogP contribution in [0.15, 0.2) is 30.6 Å². The second kappa shape index (κ2) is 7.13. The van der Waals surface area contributed by atoms with Crippen LogP contribution >= 0.6 is 0 Å². The summed E-state index contributed by atoms with van der Waals surface area (Å²) in [5.74, 6) is 0.723. The quantitative estimate of drug-likeness (QED) is 0.699. The number of nitrogens with zero attached hydrogens (tertiary/aromatic N) is 2. The van der Waals surface area contributed by atoms with E-state index in [0.717, 1.165) is 29.4 Å². The Bertz CT molecular complexity index is 580. The lowest BCUT2D eigenvalue weighted by atomic mass is 9.91. The number of rotatable bonds is 7. The van der Waals surface area contributed by atoms with Crippen molar-refractivity contribution in [3.8, 4) is 0 Å². The molecule has 0 bridgehead atoms. The van der Waals surface area contributed by atoms with Crippen molar-refractivity contribution >= 4 is 16.8 Å². The zero-order valence-corrected chi connectivity index (χ0v) is 12.3. The van der Waals surface area contributed by atoms with Gasteiger partial charge in [0.15, 0.2) is 5.78 Å². The summed E-state index contributed by atoms with van der Waals surface area (Å²) in [5.41, 5.74) is 2.38. The van der Waals surface area contributed by atoms with E-state index in [9.17, 15) is 4.79 Å². The van der Waals surface area contributed by atoms with Crippen molar-refractivity contribution in [1.29, 1.82) is 0 Å². The summed E-state index contributed by atoms with van der Waals surface area (Å²) in [6.45, 7) is 4.36. The summed E-state index contributed by atoms with van der Waals surface area (Å²) in [6.07, 6.45) is 8.58. The van der Waals surface area contributed by atoms with Crippen molar-refractivity contribution in [1.82, 2.24) is 9.97 Å². The summed E-state index contributed by atoms with van der Waals surface area (Å²) >= 11 is 0. The number of hydrogen-bond acceptors (Lipinski definition) is 3. The molecule has 3 heteroatoms. The summed E-state index contributed by atoms with van der Waals surface area (Å²) in [4.78, 5) is 20.9. The number of unbranched alkanes of at least 4 members (excludes halogenated alkanes) is 1. The Labute approximate surface area is 120 Å². The number of carbonyl (C=O) groups excluding carboxylic acids is 1. The van der Waals surface area contributed by atoms with E-state index in [1.54, 1.807) is 12.4 Å². The molecule has 1 aromatic heterocycles. The summed E-state index contributed by atoms with van der Waals surface area (Å²) in [5, 5.41) is 0. The molecule has 0 aliphatic carbocycles. The molecule has 0 aliphatic heterocycles. The zero-order chi connectivity index (χ0) is 14.4. The van der Waals surface area contributed by atoms with Crippen LogP contribution in [0.5, 0.6) is 0 Å². The normalized spacial score (nSPS) is 12.5. The fourth-order valence-corrected chi connectivity index (χ4v) is 2.46. The average Bonchev–Trinajstić information content (AvgIpc) is 2.50. The zero-order valence-electron chi connectivity index (χ0n) is 12.3. The van der Waals surface area contributed by atoms with E-state index >= 15 is 0 Å². The van der Waals surface area contributed by atoms with Crippen molar-refractivity contribution < 1.29 is 4.79 Å². The van der Waals surface area contributed by atoms with Gasteiger partial charge in [0.25, 0.3) is 0 Å². The van der Waals surface area contributed by atoms with Gasteiger partial charge in [0, 0.05) is 24.4 Å². The van der Waals surface area contributed by atoms with Gasteiger partial charge >= 0.3 is 0 Å². The topological polar surface area (TPSA) is 42.9 Å². The number of benzene rings is 1. The molecule has 2 rings (SSSR count). The summed E-state index contributed by atoms with van der Waals surface area (Å²) < 4.78 is 0. The Morgan fingerprint density at radius 1 is 1.15 bits per heavy atom. The molecule has 1 heterocycles. The third-order valence-electron chi connectivity index (χ3n) is 3.81. The molecule has 0 spiro atoms. The predicted octanol–water partition coefficient (Wildman–Crippen LogP) is 4.42. The average molecular weight is 270 g/mol. The van der Waals surface area contributed by atoms with Crippen LogP contribution in [0.4, 0.5) is 0 Å². The monoisotopic (exact) mass is 270 g/mol. The minimum absolute atomic E-state index is 0.223. The van der Waals surface area contributed by atoms with Crippen LogP contribution in [0.25, 0.3) is 11.0 Å². The second-order valence-electron chi connectivity index (χ2n) is 5.30. The Balaban J connectivity index is 2.10. The summed E-state index contributed by atoms with van der Waals surface area (Å²) in [6, 6.07) is 5.60. The number of fused-ring (bicyclic) bond motifs is 1. The molecule has 106 valence electrons. The standard InChI is InChI=1S/C17H22N2O/c1-3-5-6-13(4-2)11-17(20)14-7-8-15-16(12-14)19-10-9-18-15/h7-10,12-13H,3-6,11H2,1-2H3. The van der Waals surface area contributed by atoms with E-state index in [4.69, 9.17) is 0 Å². The fourth-order valence-electron chi connectivity index (χ4n) is 2.46. The maximum Gasteiger partial charge on any atom is 0.163 e. The lowest BCUT2D eigenvalue weighted by Crippen LogP contribution is -2.08. The molecule has 1 atom stereocenters. The van der Waals surface area contributed by atoms with Gasteiger partial charge in [-0.05, 0) is 24.1 Å². The van der Waals surface area contributed by atoms with Gasteiger partial charge in [-0.3, -0.25) is 14.8 Å². The number of carbonyl (C=O) groups is 1. The first-order valence-corrected chi connectivity index (χ1v) is 7.48. The Kier molecular flexibility index (Phi) is 5.22. The molecular formula is C17H22N2O. The molecule has 20 heavy (non-hydrogen) atoms. The molecule has 0 N–H and O–H groups in total. The highest BCUT2D eigenvalue weighted by molar-refractivity contribution is 5.98. The molecular weight excluding hydrogens is 248 g/mol. The molecule has 1 unspecified atom stereocenters. The highest BCUT2D eigenvalue weighted by Crippen LogP contribution is 2.20. The molecule has 3 nitrogen and oxygen atoms in total. The van der Waals surface area contributed by atoms with Gasteiger partial charge in [-0.2, -0.15) is 0 Å². The molecule has 0 fully saturated rings. The van der Waals surface area contributed by atoms with Gasteiger partial charge in [0.2, 0.25) is 0 Å². The highest BCUT2D eigenvalue weighted by atomic mass is 16.1. The first-order chi connectivity index (χ1) is 9.74. The van der Waals surface area contributed by atoms with Gasteiger partial charge in [-0.1, -0.05) is 39.5 Å². The SMILES string of the molecule is CCCCC(CC)CC(=O)c1ccc2nccnc2c1. The van der Waals surface area contributed by atoms with E-state index in [1.807, 2.05) is 18.2 Å². The van der Waals surface area contributed by atoms with Crippen LogP contribution in [0.3, 0.4) is 0 Å². The van der Waals surface area contributed by atoms with Crippen LogP contribution < -0.4 is 0 Å². The van der Waals surface area contributed by atoms with Gasteiger partial charge in [-0.15, -0.1) is 0 Å². The predicted molar refractivity (Wildman–Crippen MR) is 81.8 cm³/mol. The van der Waals surface area contributed by atoms with Crippen LogP contribution in [0.1, 0.15) is 56.3 Å². The molecule has 1 aromatic carbocycles. The van der Waals surface area contributed by atoms with Crippen molar-refractivity contribution in [2.75, 3.05) is 0 Å². The third-order valence-corrected chi connectivity index (χ3v) is 3.81. The number of aromatic nitrogens is 2. The summed E-state index contributed by atoms with van der Waals surface area (Å²) in [7, 11) is 0. The van der Waals surface area contributed by atoms with Crippen LogP contribution in [0.2, 0.25) is 0 Å². The van der Waals surface area contributed by atoms with E-state index in [1.165, 1.54) is 12.8 Å². The fraction of sp³-hybridized carbons (Fsp3) is 0.471. The smallest absolute Gasteiger partial charge is 0.163 e. The van der Waals surface area contributed by atoms with E-state index in [-0.39, 0.29) is 5.78 Å². The Hall–Kier alpha value is -1.77. The number of hydrogen-bond donors (Lipinski definition) is 0. The lowest BCUT2D eigenvalue weighted by molar-refractivity contribution is 0.0957. The first-order valence-electron chi connectivity index (χ1n) is 7.48. The largest absolute Gasteiger partial charge is 0.294 e. The minimum Gasteiger partial charge on any atom is -0.294 e. The lowest BCUT2D eigenvalue weighted by Gasteiger charge is -2.13. The van der Waals surface area contributed by atoms with Gasteiger partial charge in [0.05, 0.1) is 11.0 Å². The van der Waals surface area contributed by atoms with E-state index in [2.05, 4.69) is 23.8 Å². The van der Waals surface area contributed by atoms with Crippen LogP contribution in [0, 0.1) is 5.92 Å². The van der Waals surface area contributed by atoms with Crippen molar-refractivity contribution in [3.63, 3.8) is 0 Å². The molecule has 0 radical (unpaired) electrons. The van der Waals surface area contributed by atoms with Crippen molar-refractivity contribution in [2.24, 2.45) is 5.92 Å². The van der Waals surface area contributed by atoms with Gasteiger partial charge < -0.3 is 0 Å². The molecule has 0 saturated carbocycles. The Morgan fingerprint density at radius 2 is 1.90 bits per heavy atom. The van der Waals surface area contributed by atoms with Crippen molar-refractivity contribution in [3.05, 3.63) is 36.2 Å². The highest BCUT2D eigenvalue weighted by Gasteiger charge is 2.14. The van der Waals surface area contributed by atoms with E-state index in [0.29, 0.717) is 12.3 Å². The van der Waals surface area contributed by atoms with Gasteiger partial charge in [-0.25, -0.2) is 0 Å². The van der Waals surface area contributed by atoms with E-state index < -0.39 is 0 Å². The first kappa shape index (κ1) is 14.6. The maximum absolute atomic E-state index is 12.4. The second-order valence-corrected chi connectivity index (χ2v) is 5.30. The molecule has 2 aromatic rings. The van der Waals surface area contributed by atoms with Crippen LogP contribution in [-0.4, -0.2) is 15.8 Å². The van der Waals surface area contributed by atoms with Crippen molar-refractivity contribution in [2.45, 2.75) is 46.0 Å². The number of ketones is 1. The van der Waals surface area contributed by atoms with Gasteiger partial charge in [0.1, 0.15) is 0 Å². The third kappa shape index (κ3) is 3.62. The minimum atomic E-state index is 0.223.